The number of benzene rings is 2. The Hall–Kier alpha value is -2.72. The third kappa shape index (κ3) is 4.80. The second kappa shape index (κ2) is 8.80. The van der Waals surface area contributed by atoms with Crippen LogP contribution in [0.25, 0.3) is 0 Å². The van der Waals surface area contributed by atoms with Gasteiger partial charge in [0, 0.05) is 10.9 Å². The molecule has 10 heteroatoms. The van der Waals surface area contributed by atoms with Gasteiger partial charge in [-0.1, -0.05) is 23.9 Å². The van der Waals surface area contributed by atoms with E-state index in [0.717, 1.165) is 5.69 Å². The van der Waals surface area contributed by atoms with E-state index in [4.69, 9.17) is 9.47 Å². The van der Waals surface area contributed by atoms with E-state index in [1.807, 2.05) is 36.4 Å². The van der Waals surface area contributed by atoms with Crippen molar-refractivity contribution in [3.63, 3.8) is 0 Å². The maximum atomic E-state index is 12.9. The molecule has 2 heterocycles. The topological polar surface area (TPSA) is 97.3 Å². The number of nitrogens with one attached hydrogen (secondary N) is 1. The van der Waals surface area contributed by atoms with Gasteiger partial charge in [0.05, 0.1) is 37.5 Å². The summed E-state index contributed by atoms with van der Waals surface area (Å²) in [5.41, 5.74) is 1.35. The van der Waals surface area contributed by atoms with Crippen LogP contribution in [0.3, 0.4) is 0 Å². The molecule has 2 aromatic rings. The lowest BCUT2D eigenvalue weighted by Gasteiger charge is -2.24. The molecule has 0 unspecified atom stereocenters. The number of carbonyl (C=O) groups is 1. The molecule has 1 saturated heterocycles. The Morgan fingerprint density at radius 3 is 2.55 bits per heavy atom. The molecule has 31 heavy (non-hydrogen) atoms. The minimum atomic E-state index is -3.06. The summed E-state index contributed by atoms with van der Waals surface area (Å²) >= 11 is 1.41. The van der Waals surface area contributed by atoms with Crippen molar-refractivity contribution in [2.24, 2.45) is 4.99 Å². The molecule has 0 aromatic heterocycles. The molecule has 2 aromatic carbocycles. The van der Waals surface area contributed by atoms with Gasteiger partial charge in [0.1, 0.15) is 18.0 Å². The van der Waals surface area contributed by atoms with E-state index in [1.165, 1.54) is 11.8 Å². The van der Waals surface area contributed by atoms with Crippen LogP contribution >= 0.6 is 11.8 Å². The van der Waals surface area contributed by atoms with E-state index in [9.17, 15) is 13.2 Å². The second-order valence-electron chi connectivity index (χ2n) is 7.24. The molecular formula is C21H23N3O5S2. The Bertz CT molecular complexity index is 1100. The van der Waals surface area contributed by atoms with E-state index in [2.05, 4.69) is 10.3 Å². The SMILES string of the molecule is COc1ccc(N(CC(=O)Nc2ccccc2OC)C2=N[C@H]3CS(=O)(=O)C[C@@H]3S2)cc1. The van der Waals surface area contributed by atoms with Crippen molar-refractivity contribution in [2.45, 2.75) is 11.3 Å². The molecule has 0 saturated carbocycles. The minimum absolute atomic E-state index is 0.0163. The molecule has 8 nitrogen and oxygen atoms in total. The van der Waals surface area contributed by atoms with Crippen molar-refractivity contribution in [1.29, 1.82) is 0 Å². The van der Waals surface area contributed by atoms with Crippen LogP contribution < -0.4 is 19.7 Å². The average molecular weight is 462 g/mol. The summed E-state index contributed by atoms with van der Waals surface area (Å²) < 4.78 is 34.4. The van der Waals surface area contributed by atoms with E-state index < -0.39 is 9.84 Å². The maximum absolute atomic E-state index is 12.9. The average Bonchev–Trinajstić information content (AvgIpc) is 3.26. The van der Waals surface area contributed by atoms with E-state index in [-0.39, 0.29) is 35.2 Å². The Morgan fingerprint density at radius 1 is 1.13 bits per heavy atom. The zero-order chi connectivity index (χ0) is 22.0. The lowest BCUT2D eigenvalue weighted by atomic mass is 10.2. The van der Waals surface area contributed by atoms with Crippen LogP contribution in [-0.2, 0) is 14.6 Å². The third-order valence-electron chi connectivity index (χ3n) is 5.10. The fourth-order valence-electron chi connectivity index (χ4n) is 3.58. The smallest absolute Gasteiger partial charge is 0.244 e. The van der Waals surface area contributed by atoms with Crippen LogP contribution in [0, 0.1) is 0 Å². The number of para-hydroxylation sites is 2. The number of fused-ring (bicyclic) bond motifs is 1. The number of sulfone groups is 1. The third-order valence-corrected chi connectivity index (χ3v) is 8.35. The highest BCUT2D eigenvalue weighted by molar-refractivity contribution is 8.15. The van der Waals surface area contributed by atoms with Gasteiger partial charge < -0.3 is 19.7 Å². The van der Waals surface area contributed by atoms with E-state index in [1.54, 1.807) is 31.3 Å². The van der Waals surface area contributed by atoms with Crippen molar-refractivity contribution in [3.05, 3.63) is 48.5 Å². The number of carbonyl (C=O) groups excluding carboxylic acids is 1. The molecule has 1 fully saturated rings. The Labute approximate surface area is 185 Å². The Morgan fingerprint density at radius 2 is 1.87 bits per heavy atom. The molecule has 2 atom stereocenters. The number of thioether (sulfide) groups is 1. The largest absolute Gasteiger partial charge is 0.497 e. The number of aliphatic imine (C=N–C) groups is 1. The lowest BCUT2D eigenvalue weighted by molar-refractivity contribution is -0.114. The van der Waals surface area contributed by atoms with E-state index in [0.29, 0.717) is 22.4 Å². The van der Waals surface area contributed by atoms with Crippen LogP contribution in [0.1, 0.15) is 0 Å². The molecule has 4 rings (SSSR count). The predicted molar refractivity (Wildman–Crippen MR) is 123 cm³/mol. The fraction of sp³-hybridized carbons (Fsp3) is 0.333. The maximum Gasteiger partial charge on any atom is 0.244 e. The first-order chi connectivity index (χ1) is 14.9. The number of amides is 1. The second-order valence-corrected chi connectivity index (χ2v) is 10.6. The van der Waals surface area contributed by atoms with Gasteiger partial charge in [0.15, 0.2) is 15.0 Å². The number of hydrogen-bond acceptors (Lipinski definition) is 8. The number of methoxy groups -OCH3 is 2. The van der Waals surface area contributed by atoms with Gasteiger partial charge >= 0.3 is 0 Å². The normalized spacial score (nSPS) is 21.2. The van der Waals surface area contributed by atoms with Gasteiger partial charge in [-0.25, -0.2) is 8.42 Å². The van der Waals surface area contributed by atoms with Crippen molar-refractivity contribution in [3.8, 4) is 11.5 Å². The summed E-state index contributed by atoms with van der Waals surface area (Å²) in [5.74, 6) is 1.19. The van der Waals surface area contributed by atoms with Crippen molar-refractivity contribution in [1.82, 2.24) is 0 Å². The summed E-state index contributed by atoms with van der Waals surface area (Å²) in [5, 5.41) is 3.41. The first kappa shape index (κ1) is 21.5. The van der Waals surface area contributed by atoms with Crippen molar-refractivity contribution >= 4 is 44.0 Å². The molecule has 1 N–H and O–H groups in total. The Balaban J connectivity index is 1.58. The summed E-state index contributed by atoms with van der Waals surface area (Å²) in [7, 11) is 0.0804. The monoisotopic (exact) mass is 461 g/mol. The standard InChI is InChI=1S/C21H23N3O5S2/c1-28-15-9-7-14(8-10-15)24(21-23-17-12-31(26,27)13-19(17)30-21)11-20(25)22-16-5-3-4-6-18(16)29-2/h3-10,17,19H,11-13H2,1-2H3,(H,22,25)/t17-,19-/m0/s1. The van der Waals surface area contributed by atoms with Gasteiger partial charge in [-0.15, -0.1) is 0 Å². The number of hydrogen-bond donors (Lipinski definition) is 1. The highest BCUT2D eigenvalue weighted by atomic mass is 32.2. The molecule has 2 aliphatic heterocycles. The van der Waals surface area contributed by atoms with Crippen LogP contribution in [0.5, 0.6) is 11.5 Å². The fourth-order valence-corrected chi connectivity index (χ4v) is 7.36. The van der Waals surface area contributed by atoms with Gasteiger partial charge in [-0.3, -0.25) is 9.79 Å². The van der Waals surface area contributed by atoms with E-state index >= 15 is 0 Å². The van der Waals surface area contributed by atoms with Crippen molar-refractivity contribution < 1.29 is 22.7 Å². The number of nitrogens with zero attached hydrogens (tertiary/aromatic N) is 2. The zero-order valence-electron chi connectivity index (χ0n) is 17.1. The number of amidine groups is 1. The molecular weight excluding hydrogens is 438 g/mol. The molecule has 1 amide bonds. The molecule has 0 bridgehead atoms. The summed E-state index contributed by atoms with van der Waals surface area (Å²) in [4.78, 5) is 19.4. The highest BCUT2D eigenvalue weighted by Gasteiger charge is 2.44. The number of ether oxygens (including phenoxy) is 2. The summed E-state index contributed by atoms with van der Waals surface area (Å²) in [6.45, 7) is 0.0163. The van der Waals surface area contributed by atoms with Crippen LogP contribution in [0.2, 0.25) is 0 Å². The van der Waals surface area contributed by atoms with Gasteiger partial charge in [-0.05, 0) is 36.4 Å². The predicted octanol–water partition coefficient (Wildman–Crippen LogP) is 2.42. The van der Waals surface area contributed by atoms with Gasteiger partial charge in [-0.2, -0.15) is 0 Å². The first-order valence-electron chi connectivity index (χ1n) is 9.68. The van der Waals surface area contributed by atoms with Gasteiger partial charge in [0.2, 0.25) is 5.91 Å². The number of anilines is 2. The Kier molecular flexibility index (Phi) is 6.10. The van der Waals surface area contributed by atoms with Crippen molar-refractivity contribution in [2.75, 3.05) is 42.5 Å². The summed E-state index contributed by atoms with van der Waals surface area (Å²) in [6.07, 6.45) is 0. The summed E-state index contributed by atoms with van der Waals surface area (Å²) in [6, 6.07) is 14.2. The quantitative estimate of drug-likeness (QED) is 0.706. The highest BCUT2D eigenvalue weighted by Crippen LogP contribution is 2.37. The lowest BCUT2D eigenvalue weighted by Crippen LogP contribution is -2.36. The van der Waals surface area contributed by atoms with Gasteiger partial charge in [0.25, 0.3) is 0 Å². The number of rotatable bonds is 6. The molecule has 0 radical (unpaired) electrons. The molecule has 164 valence electrons. The molecule has 0 spiro atoms. The zero-order valence-corrected chi connectivity index (χ0v) is 18.8. The van der Waals surface area contributed by atoms with Crippen LogP contribution in [-0.4, -0.2) is 63.1 Å². The minimum Gasteiger partial charge on any atom is -0.497 e. The van der Waals surface area contributed by atoms with Crippen LogP contribution in [0.15, 0.2) is 53.5 Å². The first-order valence-corrected chi connectivity index (χ1v) is 12.4. The molecule has 2 aliphatic rings. The molecule has 0 aliphatic carbocycles. The van der Waals surface area contributed by atoms with Crippen LogP contribution in [0.4, 0.5) is 11.4 Å².